The molecule has 2 saturated carbocycles. The highest BCUT2D eigenvalue weighted by Gasteiger charge is 2.61. The minimum Gasteiger partial charge on any atom is -0.515 e. The van der Waals surface area contributed by atoms with Crippen LogP contribution in [0.25, 0.3) is 0 Å². The van der Waals surface area contributed by atoms with Gasteiger partial charge in [0, 0.05) is 17.9 Å². The Kier molecular flexibility index (Phi) is 4.32. The lowest BCUT2D eigenvalue weighted by molar-refractivity contribution is -0.234. The number of aliphatic hydroxyl groups excluding tert-OH is 1. The Hall–Kier alpha value is -1.85. The summed E-state index contributed by atoms with van der Waals surface area (Å²) < 4.78 is 17.5. The van der Waals surface area contributed by atoms with E-state index in [1.165, 1.54) is 0 Å². The molecule has 1 aliphatic heterocycles. The van der Waals surface area contributed by atoms with Gasteiger partial charge in [-0.05, 0) is 42.9 Å². The first kappa shape index (κ1) is 17.6. The molecule has 1 aromatic carbocycles. The number of methoxy groups -OCH3 is 1. The summed E-state index contributed by atoms with van der Waals surface area (Å²) in [5.41, 5.74) is 0.813. The maximum atomic E-state index is 13.5. The Balaban J connectivity index is 1.84. The predicted octanol–water partition coefficient (Wildman–Crippen LogP) is 3.53. The SMILES string of the molecule is COc1cccc(C23CCC4(OCCO4)C(C)C2CCC(=CO)C3=O)c1. The smallest absolute Gasteiger partial charge is 0.172 e. The Morgan fingerprint density at radius 3 is 2.73 bits per heavy atom. The van der Waals surface area contributed by atoms with Gasteiger partial charge in [0.15, 0.2) is 11.6 Å². The Labute approximate surface area is 153 Å². The van der Waals surface area contributed by atoms with Gasteiger partial charge < -0.3 is 19.3 Å². The molecule has 0 radical (unpaired) electrons. The number of benzene rings is 1. The lowest BCUT2D eigenvalue weighted by Crippen LogP contribution is -2.59. The number of rotatable bonds is 2. The molecule has 5 nitrogen and oxygen atoms in total. The largest absolute Gasteiger partial charge is 0.515 e. The van der Waals surface area contributed by atoms with Crippen molar-refractivity contribution in [2.45, 2.75) is 43.8 Å². The molecule has 1 N–H and O–H groups in total. The summed E-state index contributed by atoms with van der Waals surface area (Å²) >= 11 is 0. The summed E-state index contributed by atoms with van der Waals surface area (Å²) in [6, 6.07) is 7.80. The van der Waals surface area contributed by atoms with E-state index in [-0.39, 0.29) is 17.6 Å². The maximum absolute atomic E-state index is 13.5. The number of hydrogen-bond acceptors (Lipinski definition) is 5. The summed E-state index contributed by atoms with van der Waals surface area (Å²) in [7, 11) is 1.63. The molecule has 0 aromatic heterocycles. The second-order valence-electron chi connectivity index (χ2n) is 7.63. The van der Waals surface area contributed by atoms with Gasteiger partial charge in [0.25, 0.3) is 0 Å². The van der Waals surface area contributed by atoms with E-state index in [1.54, 1.807) is 7.11 Å². The first-order chi connectivity index (χ1) is 12.6. The van der Waals surface area contributed by atoms with Crippen LogP contribution in [0.3, 0.4) is 0 Å². The molecule has 140 valence electrons. The summed E-state index contributed by atoms with van der Waals surface area (Å²) in [5, 5.41) is 9.63. The van der Waals surface area contributed by atoms with Crippen molar-refractivity contribution < 1.29 is 24.1 Å². The molecule has 3 aliphatic rings. The molecule has 1 saturated heterocycles. The van der Waals surface area contributed by atoms with Crippen molar-refractivity contribution in [3.8, 4) is 5.75 Å². The lowest BCUT2D eigenvalue weighted by atomic mass is 9.51. The summed E-state index contributed by atoms with van der Waals surface area (Å²) in [6.07, 6.45) is 3.73. The van der Waals surface area contributed by atoms with Crippen LogP contribution in [0.5, 0.6) is 5.75 Å². The monoisotopic (exact) mass is 358 g/mol. The van der Waals surface area contributed by atoms with Crippen LogP contribution in [0.4, 0.5) is 0 Å². The van der Waals surface area contributed by atoms with Crippen LogP contribution in [0.2, 0.25) is 0 Å². The van der Waals surface area contributed by atoms with Crippen molar-refractivity contribution in [1.29, 1.82) is 0 Å². The Morgan fingerprint density at radius 2 is 2.04 bits per heavy atom. The number of ether oxygens (including phenoxy) is 3. The number of Topliss-reactive ketones (excluding diaryl/α,β-unsaturated/α-hetero) is 1. The van der Waals surface area contributed by atoms with E-state index in [1.807, 2.05) is 24.3 Å². The fourth-order valence-corrected chi connectivity index (χ4v) is 5.40. The molecular formula is C21H26O5. The molecule has 26 heavy (non-hydrogen) atoms. The molecule has 2 aliphatic carbocycles. The predicted molar refractivity (Wildman–Crippen MR) is 96.1 cm³/mol. The van der Waals surface area contributed by atoms with Crippen LogP contribution in [0.15, 0.2) is 36.1 Å². The molecule has 1 spiro atoms. The zero-order valence-corrected chi connectivity index (χ0v) is 15.4. The minimum absolute atomic E-state index is 0.0317. The van der Waals surface area contributed by atoms with Gasteiger partial charge in [-0.15, -0.1) is 0 Å². The molecule has 3 atom stereocenters. The van der Waals surface area contributed by atoms with Crippen LogP contribution in [0, 0.1) is 11.8 Å². The second-order valence-corrected chi connectivity index (χ2v) is 7.63. The van der Waals surface area contributed by atoms with Crippen LogP contribution < -0.4 is 4.74 Å². The van der Waals surface area contributed by atoms with E-state index < -0.39 is 11.2 Å². The normalized spacial score (nSPS) is 34.8. The number of carbonyl (C=O) groups excluding carboxylic acids is 1. The highest BCUT2D eigenvalue weighted by molar-refractivity contribution is 6.04. The number of ketones is 1. The highest BCUT2D eigenvalue weighted by atomic mass is 16.7. The van der Waals surface area contributed by atoms with Gasteiger partial charge in [-0.2, -0.15) is 0 Å². The highest BCUT2D eigenvalue weighted by Crippen LogP contribution is 2.58. The van der Waals surface area contributed by atoms with E-state index in [0.29, 0.717) is 38.0 Å². The van der Waals surface area contributed by atoms with Gasteiger partial charge >= 0.3 is 0 Å². The van der Waals surface area contributed by atoms with Crippen molar-refractivity contribution in [1.82, 2.24) is 0 Å². The average molecular weight is 358 g/mol. The lowest BCUT2D eigenvalue weighted by Gasteiger charge is -2.55. The van der Waals surface area contributed by atoms with Crippen molar-refractivity contribution in [2.75, 3.05) is 20.3 Å². The van der Waals surface area contributed by atoms with Crippen LogP contribution in [-0.4, -0.2) is 37.0 Å². The molecule has 1 heterocycles. The third-order valence-electron chi connectivity index (χ3n) is 6.74. The average Bonchev–Trinajstić information content (AvgIpc) is 3.15. The van der Waals surface area contributed by atoms with Crippen LogP contribution >= 0.6 is 0 Å². The number of fused-ring (bicyclic) bond motifs is 1. The summed E-state index contributed by atoms with van der Waals surface area (Å²) in [4.78, 5) is 13.5. The Morgan fingerprint density at radius 1 is 1.27 bits per heavy atom. The number of hydrogen-bond donors (Lipinski definition) is 1. The van der Waals surface area contributed by atoms with Gasteiger partial charge in [0.2, 0.25) is 0 Å². The topological polar surface area (TPSA) is 65.0 Å². The molecule has 5 heteroatoms. The fraction of sp³-hybridized carbons (Fsp3) is 0.571. The van der Waals surface area contributed by atoms with Crippen LogP contribution in [-0.2, 0) is 19.7 Å². The van der Waals surface area contributed by atoms with Gasteiger partial charge in [-0.3, -0.25) is 4.79 Å². The van der Waals surface area contributed by atoms with Crippen molar-refractivity contribution >= 4 is 5.78 Å². The molecular weight excluding hydrogens is 332 g/mol. The van der Waals surface area contributed by atoms with E-state index in [4.69, 9.17) is 14.2 Å². The second kappa shape index (κ2) is 6.39. The van der Waals surface area contributed by atoms with Crippen LogP contribution in [0.1, 0.15) is 38.2 Å². The van der Waals surface area contributed by atoms with Gasteiger partial charge in [0.05, 0.1) is 32.0 Å². The first-order valence-electron chi connectivity index (χ1n) is 9.38. The molecule has 0 amide bonds. The van der Waals surface area contributed by atoms with E-state index >= 15 is 0 Å². The zero-order chi connectivity index (χ0) is 18.4. The van der Waals surface area contributed by atoms with E-state index in [9.17, 15) is 9.90 Å². The quantitative estimate of drug-likeness (QED) is 0.647. The standard InChI is InChI=1S/C21H26O5/c1-14-18-7-6-15(13-22)19(23)20(18,8-9-21(14)25-10-11-26-21)16-4-3-5-17(12-16)24-2/h3-5,12-14,18,22H,6-11H2,1-2H3. The van der Waals surface area contributed by atoms with Gasteiger partial charge in [-0.25, -0.2) is 0 Å². The third kappa shape index (κ3) is 2.33. The number of allylic oxidation sites excluding steroid dienone is 1. The number of carbonyl (C=O) groups is 1. The zero-order valence-electron chi connectivity index (χ0n) is 15.4. The molecule has 0 bridgehead atoms. The molecule has 3 unspecified atom stereocenters. The molecule has 4 rings (SSSR count). The number of aliphatic hydroxyl groups is 1. The van der Waals surface area contributed by atoms with Gasteiger partial charge in [0.1, 0.15) is 5.75 Å². The van der Waals surface area contributed by atoms with Crippen molar-refractivity contribution in [3.05, 3.63) is 41.7 Å². The summed E-state index contributed by atoms with van der Waals surface area (Å²) in [5.74, 6) is 0.383. The van der Waals surface area contributed by atoms with Crippen molar-refractivity contribution in [3.63, 3.8) is 0 Å². The fourth-order valence-electron chi connectivity index (χ4n) is 5.40. The first-order valence-corrected chi connectivity index (χ1v) is 9.38. The van der Waals surface area contributed by atoms with Gasteiger partial charge in [-0.1, -0.05) is 19.1 Å². The van der Waals surface area contributed by atoms with E-state index in [2.05, 4.69) is 6.92 Å². The van der Waals surface area contributed by atoms with Crippen molar-refractivity contribution in [2.24, 2.45) is 11.8 Å². The minimum atomic E-state index is -0.665. The third-order valence-corrected chi connectivity index (χ3v) is 6.74. The van der Waals surface area contributed by atoms with E-state index in [0.717, 1.165) is 24.0 Å². The Bertz CT molecular complexity index is 734. The maximum Gasteiger partial charge on any atom is 0.172 e. The molecule has 1 aromatic rings. The molecule has 3 fully saturated rings. The summed E-state index contributed by atoms with van der Waals surface area (Å²) in [6.45, 7) is 3.36.